The normalized spacial score (nSPS) is 12.2. The van der Waals surface area contributed by atoms with E-state index in [0.29, 0.717) is 25.3 Å². The molecule has 1 rings (SSSR count). The van der Waals surface area contributed by atoms with Gasteiger partial charge in [-0.15, -0.1) is 0 Å². The quantitative estimate of drug-likeness (QED) is 0.802. The number of carbonyl (C=O) groups excluding carboxylic acids is 1. The fraction of sp³-hybridized carbons (Fsp3) is 0.538. The summed E-state index contributed by atoms with van der Waals surface area (Å²) in [4.78, 5) is 17.8. The molecule has 0 bridgehead atoms. The van der Waals surface area contributed by atoms with Gasteiger partial charge in [-0.2, -0.15) is 0 Å². The van der Waals surface area contributed by atoms with Crippen molar-refractivity contribution in [3.63, 3.8) is 0 Å². The molecule has 4 nitrogen and oxygen atoms in total. The maximum absolute atomic E-state index is 11.8. The predicted molar refractivity (Wildman–Crippen MR) is 68.4 cm³/mol. The van der Waals surface area contributed by atoms with Crippen LogP contribution in [0.1, 0.15) is 19.0 Å². The molecule has 1 amide bonds. The van der Waals surface area contributed by atoms with Gasteiger partial charge in [0.1, 0.15) is 0 Å². The average molecular weight is 235 g/mol. The summed E-state index contributed by atoms with van der Waals surface area (Å²) in [7, 11) is 1.83. The summed E-state index contributed by atoms with van der Waals surface area (Å²) in [6.07, 6.45) is 2.95. The van der Waals surface area contributed by atoms with E-state index < -0.39 is 0 Å². The number of aryl methyl sites for hydroxylation is 1. The molecule has 0 aromatic carbocycles. The Morgan fingerprint density at radius 2 is 2.29 bits per heavy atom. The van der Waals surface area contributed by atoms with E-state index in [1.54, 1.807) is 11.1 Å². The van der Waals surface area contributed by atoms with Gasteiger partial charge in [-0.05, 0) is 31.0 Å². The van der Waals surface area contributed by atoms with Crippen LogP contribution in [0, 0.1) is 5.92 Å². The fourth-order valence-corrected chi connectivity index (χ4v) is 1.62. The second-order valence-corrected chi connectivity index (χ2v) is 4.44. The SMILES string of the molecule is CC(CN)CN(C)C(=O)CCc1ccccn1. The molecule has 0 fully saturated rings. The van der Waals surface area contributed by atoms with Gasteiger partial charge in [-0.1, -0.05) is 13.0 Å². The lowest BCUT2D eigenvalue weighted by Gasteiger charge is -2.20. The third kappa shape index (κ3) is 4.95. The van der Waals surface area contributed by atoms with Gasteiger partial charge in [-0.3, -0.25) is 9.78 Å². The van der Waals surface area contributed by atoms with Crippen LogP contribution < -0.4 is 5.73 Å². The van der Waals surface area contributed by atoms with Gasteiger partial charge in [0.05, 0.1) is 0 Å². The summed E-state index contributed by atoms with van der Waals surface area (Å²) in [5.41, 5.74) is 6.50. The largest absolute Gasteiger partial charge is 0.345 e. The Bertz CT molecular complexity index is 340. The van der Waals surface area contributed by atoms with Crippen molar-refractivity contribution in [3.8, 4) is 0 Å². The maximum atomic E-state index is 11.8. The van der Waals surface area contributed by atoms with Crippen LogP contribution in [0.4, 0.5) is 0 Å². The van der Waals surface area contributed by atoms with E-state index in [4.69, 9.17) is 5.73 Å². The van der Waals surface area contributed by atoms with E-state index in [1.807, 2.05) is 32.2 Å². The Hall–Kier alpha value is -1.42. The van der Waals surface area contributed by atoms with Crippen molar-refractivity contribution in [3.05, 3.63) is 30.1 Å². The Morgan fingerprint density at radius 1 is 1.53 bits per heavy atom. The van der Waals surface area contributed by atoms with Crippen LogP contribution in [0.2, 0.25) is 0 Å². The molecule has 0 spiro atoms. The molecule has 1 atom stereocenters. The lowest BCUT2D eigenvalue weighted by molar-refractivity contribution is -0.130. The number of rotatable bonds is 6. The van der Waals surface area contributed by atoms with Crippen LogP contribution in [-0.2, 0) is 11.2 Å². The zero-order chi connectivity index (χ0) is 12.7. The molecule has 0 aliphatic heterocycles. The second kappa shape index (κ2) is 7.01. The smallest absolute Gasteiger partial charge is 0.222 e. The van der Waals surface area contributed by atoms with Gasteiger partial charge in [0, 0.05) is 31.9 Å². The minimum atomic E-state index is 0.149. The Balaban J connectivity index is 2.34. The van der Waals surface area contributed by atoms with Crippen LogP contribution >= 0.6 is 0 Å². The molecule has 1 unspecified atom stereocenters. The van der Waals surface area contributed by atoms with Crippen LogP contribution in [0.15, 0.2) is 24.4 Å². The van der Waals surface area contributed by atoms with E-state index in [0.717, 1.165) is 12.2 Å². The molecular weight excluding hydrogens is 214 g/mol. The first-order valence-electron chi connectivity index (χ1n) is 5.97. The summed E-state index contributed by atoms with van der Waals surface area (Å²) in [5.74, 6) is 0.495. The number of nitrogens with zero attached hydrogens (tertiary/aromatic N) is 2. The molecule has 1 aromatic heterocycles. The third-order valence-electron chi connectivity index (χ3n) is 2.73. The van der Waals surface area contributed by atoms with Crippen molar-refractivity contribution in [2.45, 2.75) is 19.8 Å². The topological polar surface area (TPSA) is 59.2 Å². The molecule has 2 N–H and O–H groups in total. The third-order valence-corrected chi connectivity index (χ3v) is 2.73. The summed E-state index contributed by atoms with van der Waals surface area (Å²) < 4.78 is 0. The zero-order valence-corrected chi connectivity index (χ0v) is 10.6. The van der Waals surface area contributed by atoms with Gasteiger partial charge in [0.15, 0.2) is 0 Å². The Kier molecular flexibility index (Phi) is 5.63. The highest BCUT2D eigenvalue weighted by Gasteiger charge is 2.11. The summed E-state index contributed by atoms with van der Waals surface area (Å²) >= 11 is 0. The fourth-order valence-electron chi connectivity index (χ4n) is 1.62. The summed E-state index contributed by atoms with van der Waals surface area (Å²) in [5, 5.41) is 0. The summed E-state index contributed by atoms with van der Waals surface area (Å²) in [6.45, 7) is 3.37. The number of aromatic nitrogens is 1. The van der Waals surface area contributed by atoms with Gasteiger partial charge in [-0.25, -0.2) is 0 Å². The average Bonchev–Trinajstić information content (AvgIpc) is 2.36. The predicted octanol–water partition coefficient (Wildman–Crippen LogP) is 1.07. The minimum absolute atomic E-state index is 0.149. The number of hydrogen-bond donors (Lipinski definition) is 1. The van der Waals surface area contributed by atoms with Crippen molar-refractivity contribution < 1.29 is 4.79 Å². The second-order valence-electron chi connectivity index (χ2n) is 4.44. The molecule has 0 aliphatic carbocycles. The van der Waals surface area contributed by atoms with Crippen LogP contribution in [0.3, 0.4) is 0 Å². The molecular formula is C13H21N3O. The van der Waals surface area contributed by atoms with E-state index in [2.05, 4.69) is 4.98 Å². The van der Waals surface area contributed by atoms with Crippen molar-refractivity contribution in [1.82, 2.24) is 9.88 Å². The first kappa shape index (κ1) is 13.6. The maximum Gasteiger partial charge on any atom is 0.222 e. The Morgan fingerprint density at radius 3 is 2.88 bits per heavy atom. The van der Waals surface area contributed by atoms with Crippen molar-refractivity contribution >= 4 is 5.91 Å². The molecule has 94 valence electrons. The van der Waals surface area contributed by atoms with E-state index in [9.17, 15) is 4.79 Å². The highest BCUT2D eigenvalue weighted by atomic mass is 16.2. The zero-order valence-electron chi connectivity index (χ0n) is 10.6. The molecule has 0 aliphatic rings. The molecule has 1 heterocycles. The van der Waals surface area contributed by atoms with E-state index >= 15 is 0 Å². The van der Waals surface area contributed by atoms with Crippen molar-refractivity contribution in [2.24, 2.45) is 11.7 Å². The van der Waals surface area contributed by atoms with Crippen LogP contribution in [-0.4, -0.2) is 35.9 Å². The van der Waals surface area contributed by atoms with Gasteiger partial charge in [0.2, 0.25) is 5.91 Å². The molecule has 0 saturated carbocycles. The van der Waals surface area contributed by atoms with Gasteiger partial charge in [0.25, 0.3) is 0 Å². The first-order chi connectivity index (χ1) is 8.13. The van der Waals surface area contributed by atoms with Crippen LogP contribution in [0.5, 0.6) is 0 Å². The van der Waals surface area contributed by atoms with Gasteiger partial charge >= 0.3 is 0 Å². The van der Waals surface area contributed by atoms with Crippen LogP contribution in [0.25, 0.3) is 0 Å². The minimum Gasteiger partial charge on any atom is -0.345 e. The van der Waals surface area contributed by atoms with Crippen molar-refractivity contribution in [2.75, 3.05) is 20.1 Å². The molecule has 0 radical (unpaired) electrons. The molecule has 4 heteroatoms. The monoisotopic (exact) mass is 235 g/mol. The lowest BCUT2D eigenvalue weighted by atomic mass is 10.1. The molecule has 0 saturated heterocycles. The Labute approximate surface area is 103 Å². The molecule has 17 heavy (non-hydrogen) atoms. The number of hydrogen-bond acceptors (Lipinski definition) is 3. The first-order valence-corrected chi connectivity index (χ1v) is 5.97. The number of carbonyl (C=O) groups is 1. The highest BCUT2D eigenvalue weighted by molar-refractivity contribution is 5.76. The standard InChI is InChI=1S/C13H21N3O/c1-11(9-14)10-16(2)13(17)7-6-12-5-3-4-8-15-12/h3-5,8,11H,6-7,9-10,14H2,1-2H3. The molecule has 1 aromatic rings. The lowest BCUT2D eigenvalue weighted by Crippen LogP contribution is -2.33. The van der Waals surface area contributed by atoms with E-state index in [-0.39, 0.29) is 5.91 Å². The number of nitrogens with two attached hydrogens (primary N) is 1. The highest BCUT2D eigenvalue weighted by Crippen LogP contribution is 2.03. The van der Waals surface area contributed by atoms with Crippen molar-refractivity contribution in [1.29, 1.82) is 0 Å². The van der Waals surface area contributed by atoms with E-state index in [1.165, 1.54) is 0 Å². The van der Waals surface area contributed by atoms with Gasteiger partial charge < -0.3 is 10.6 Å². The number of amides is 1. The number of pyridine rings is 1. The summed E-state index contributed by atoms with van der Waals surface area (Å²) in [6, 6.07) is 5.75.